The van der Waals surface area contributed by atoms with E-state index < -0.39 is 35.8 Å². The van der Waals surface area contributed by atoms with Gasteiger partial charge in [0, 0.05) is 31.3 Å². The Hall–Kier alpha value is -3.82. The van der Waals surface area contributed by atoms with Gasteiger partial charge >= 0.3 is 6.09 Å². The van der Waals surface area contributed by atoms with Gasteiger partial charge in [-0.15, -0.1) is 0 Å². The maximum atomic E-state index is 13.0. The molecule has 0 fully saturated rings. The van der Waals surface area contributed by atoms with Gasteiger partial charge in [0.25, 0.3) is 5.91 Å². The van der Waals surface area contributed by atoms with Crippen molar-refractivity contribution in [3.8, 4) is 0 Å². The molecule has 1 aliphatic rings. The fourth-order valence-corrected chi connectivity index (χ4v) is 3.31. The Morgan fingerprint density at radius 2 is 1.94 bits per heavy atom. The van der Waals surface area contributed by atoms with Gasteiger partial charge in [-0.05, 0) is 17.5 Å². The maximum absolute atomic E-state index is 13.0. The predicted molar refractivity (Wildman–Crippen MR) is 118 cm³/mol. The number of Topliss-reactive ketones (excluding diaryl/α,β-unsaturated/α-hetero) is 1. The number of fused-ring (bicyclic) bond motifs is 2. The van der Waals surface area contributed by atoms with E-state index in [1.165, 1.54) is 0 Å². The fourth-order valence-electron chi connectivity index (χ4n) is 3.31. The average molecular weight is 453 g/mol. The average Bonchev–Trinajstić information content (AvgIpc) is 2.80. The SMILES string of the molecule is CC(C)C(NC(=O)OCc1ccccc1)C(=O)NC1Cc2nccc(n2)CCNC(=O)C1=O. The zero-order chi connectivity index (χ0) is 23.8. The summed E-state index contributed by atoms with van der Waals surface area (Å²) in [7, 11) is 0. The number of alkyl carbamates (subject to hydrolysis) is 1. The molecule has 3 amide bonds. The highest BCUT2D eigenvalue weighted by atomic mass is 16.5. The van der Waals surface area contributed by atoms with Crippen molar-refractivity contribution in [2.24, 2.45) is 5.92 Å². The van der Waals surface area contributed by atoms with Crippen LogP contribution >= 0.6 is 0 Å². The van der Waals surface area contributed by atoms with Gasteiger partial charge in [0.2, 0.25) is 11.7 Å². The molecular formula is C23H27N5O5. The minimum absolute atomic E-state index is 0.0465. The molecule has 0 aliphatic carbocycles. The van der Waals surface area contributed by atoms with Gasteiger partial charge in [-0.25, -0.2) is 14.8 Å². The lowest BCUT2D eigenvalue weighted by atomic mass is 10.0. The second-order valence-electron chi connectivity index (χ2n) is 8.03. The van der Waals surface area contributed by atoms with Gasteiger partial charge in [-0.2, -0.15) is 0 Å². The lowest BCUT2D eigenvalue weighted by Crippen LogP contribution is -2.56. The predicted octanol–water partition coefficient (Wildman–Crippen LogP) is 0.696. The first-order valence-electron chi connectivity index (χ1n) is 10.7. The first kappa shape index (κ1) is 23.8. The van der Waals surface area contributed by atoms with Crippen LogP contribution in [0.4, 0.5) is 4.79 Å². The number of benzene rings is 1. The molecule has 1 aliphatic heterocycles. The summed E-state index contributed by atoms with van der Waals surface area (Å²) in [5, 5.41) is 7.67. The van der Waals surface area contributed by atoms with Crippen LogP contribution in [0.15, 0.2) is 42.6 Å². The van der Waals surface area contributed by atoms with Gasteiger partial charge in [-0.1, -0.05) is 44.2 Å². The van der Waals surface area contributed by atoms with E-state index in [1.54, 1.807) is 26.1 Å². The van der Waals surface area contributed by atoms with Gasteiger partial charge in [0.1, 0.15) is 24.5 Å². The number of aromatic nitrogens is 2. The molecule has 0 radical (unpaired) electrons. The number of amides is 3. The van der Waals surface area contributed by atoms with E-state index in [0.717, 1.165) is 11.3 Å². The number of nitrogens with zero attached hydrogens (tertiary/aromatic N) is 2. The molecule has 174 valence electrons. The Labute approximate surface area is 191 Å². The summed E-state index contributed by atoms with van der Waals surface area (Å²) in [6, 6.07) is 8.71. The molecule has 2 aromatic rings. The van der Waals surface area contributed by atoms with E-state index >= 15 is 0 Å². The molecule has 2 unspecified atom stereocenters. The molecule has 0 spiro atoms. The number of hydrogen-bond donors (Lipinski definition) is 3. The van der Waals surface area contributed by atoms with E-state index in [2.05, 4.69) is 25.9 Å². The highest BCUT2D eigenvalue weighted by molar-refractivity contribution is 6.38. The Morgan fingerprint density at radius 1 is 1.18 bits per heavy atom. The van der Waals surface area contributed by atoms with E-state index in [0.29, 0.717) is 12.2 Å². The Balaban J connectivity index is 1.68. The molecule has 1 aromatic heterocycles. The van der Waals surface area contributed by atoms with E-state index in [1.807, 2.05) is 30.3 Å². The van der Waals surface area contributed by atoms with Crippen LogP contribution in [0.5, 0.6) is 0 Å². The highest BCUT2D eigenvalue weighted by Gasteiger charge is 2.32. The standard InChI is InChI=1S/C23H27N5O5/c1-14(2)19(28-23(32)33-13-15-6-4-3-5-7-15)21(30)27-17-12-18-24-10-8-16(26-18)9-11-25-22(31)20(17)29/h3-8,10,14,17,19H,9,11-13H2,1-2H3,(H,25,31)(H,27,30)(H,28,32). The summed E-state index contributed by atoms with van der Waals surface area (Å²) in [5.74, 6) is -2.16. The normalized spacial score (nSPS) is 17.0. The molecule has 0 saturated carbocycles. The molecule has 10 heteroatoms. The zero-order valence-electron chi connectivity index (χ0n) is 18.5. The third-order valence-electron chi connectivity index (χ3n) is 5.11. The van der Waals surface area contributed by atoms with Crippen LogP contribution in [0.25, 0.3) is 0 Å². The van der Waals surface area contributed by atoms with Crippen LogP contribution in [0.3, 0.4) is 0 Å². The molecule has 2 bridgehead atoms. The summed E-state index contributed by atoms with van der Waals surface area (Å²) in [6.07, 6.45) is 1.23. The van der Waals surface area contributed by atoms with Crippen molar-refractivity contribution in [1.82, 2.24) is 25.9 Å². The van der Waals surface area contributed by atoms with Crippen LogP contribution < -0.4 is 16.0 Å². The van der Waals surface area contributed by atoms with Crippen molar-refractivity contribution in [1.29, 1.82) is 0 Å². The molecule has 3 N–H and O–H groups in total. The first-order valence-corrected chi connectivity index (χ1v) is 10.7. The molecule has 10 nitrogen and oxygen atoms in total. The third-order valence-corrected chi connectivity index (χ3v) is 5.11. The van der Waals surface area contributed by atoms with Gasteiger partial charge in [0.15, 0.2) is 0 Å². The summed E-state index contributed by atoms with van der Waals surface area (Å²) in [5.41, 5.74) is 1.53. The number of carbonyl (C=O) groups excluding carboxylic acids is 4. The van der Waals surface area contributed by atoms with Crippen molar-refractivity contribution in [2.45, 2.75) is 45.4 Å². The molecule has 2 atom stereocenters. The Kier molecular flexibility index (Phi) is 8.06. The molecule has 0 saturated heterocycles. The zero-order valence-corrected chi connectivity index (χ0v) is 18.5. The second kappa shape index (κ2) is 11.2. The quantitative estimate of drug-likeness (QED) is 0.547. The summed E-state index contributed by atoms with van der Waals surface area (Å²) >= 11 is 0. The second-order valence-corrected chi connectivity index (χ2v) is 8.03. The summed E-state index contributed by atoms with van der Waals surface area (Å²) < 4.78 is 5.20. The molecule has 2 heterocycles. The van der Waals surface area contributed by atoms with E-state index in [-0.39, 0.29) is 25.5 Å². The number of nitrogens with one attached hydrogen (secondary N) is 3. The number of rotatable bonds is 6. The largest absolute Gasteiger partial charge is 0.445 e. The minimum Gasteiger partial charge on any atom is -0.445 e. The van der Waals surface area contributed by atoms with Gasteiger partial charge in [-0.3, -0.25) is 14.4 Å². The smallest absolute Gasteiger partial charge is 0.408 e. The van der Waals surface area contributed by atoms with Gasteiger partial charge < -0.3 is 20.7 Å². The summed E-state index contributed by atoms with van der Waals surface area (Å²) in [6.45, 7) is 3.78. The number of hydrogen-bond acceptors (Lipinski definition) is 7. The van der Waals surface area contributed by atoms with Gasteiger partial charge in [0.05, 0.1) is 0 Å². The lowest BCUT2D eigenvalue weighted by molar-refractivity contribution is -0.140. The number of ketones is 1. The van der Waals surface area contributed by atoms with Crippen LogP contribution in [0, 0.1) is 5.92 Å². The monoisotopic (exact) mass is 453 g/mol. The van der Waals surface area contributed by atoms with E-state index in [4.69, 9.17) is 4.74 Å². The van der Waals surface area contributed by atoms with Crippen LogP contribution in [-0.4, -0.2) is 52.3 Å². The van der Waals surface area contributed by atoms with Crippen LogP contribution in [0.1, 0.15) is 30.9 Å². The van der Waals surface area contributed by atoms with Crippen molar-refractivity contribution in [3.05, 3.63) is 59.7 Å². The Morgan fingerprint density at radius 3 is 2.67 bits per heavy atom. The van der Waals surface area contributed by atoms with Crippen LogP contribution in [0.2, 0.25) is 0 Å². The molecule has 3 rings (SSSR count). The third kappa shape index (κ3) is 6.83. The van der Waals surface area contributed by atoms with Crippen molar-refractivity contribution < 1.29 is 23.9 Å². The Bertz CT molecular complexity index is 1010. The number of carbonyl (C=O) groups is 4. The van der Waals surface area contributed by atoms with Crippen molar-refractivity contribution in [2.75, 3.05) is 6.54 Å². The molecule has 33 heavy (non-hydrogen) atoms. The highest BCUT2D eigenvalue weighted by Crippen LogP contribution is 2.08. The molecular weight excluding hydrogens is 426 g/mol. The topological polar surface area (TPSA) is 139 Å². The van der Waals surface area contributed by atoms with E-state index in [9.17, 15) is 19.2 Å². The van der Waals surface area contributed by atoms with Crippen molar-refractivity contribution >= 4 is 23.7 Å². The first-order chi connectivity index (χ1) is 15.8. The maximum Gasteiger partial charge on any atom is 0.408 e. The number of ether oxygens (including phenoxy) is 1. The lowest BCUT2D eigenvalue weighted by Gasteiger charge is -2.25. The molecule has 1 aromatic carbocycles. The summed E-state index contributed by atoms with van der Waals surface area (Å²) in [4.78, 5) is 58.7. The minimum atomic E-state index is -1.17. The van der Waals surface area contributed by atoms with Crippen LogP contribution in [-0.2, 0) is 38.6 Å². The fraction of sp³-hybridized carbons (Fsp3) is 0.391. The van der Waals surface area contributed by atoms with Crippen molar-refractivity contribution in [3.63, 3.8) is 0 Å².